The van der Waals surface area contributed by atoms with E-state index in [0.717, 1.165) is 10.0 Å². The van der Waals surface area contributed by atoms with Gasteiger partial charge in [-0.1, -0.05) is 0 Å². The van der Waals surface area contributed by atoms with Crippen LogP contribution >= 0.6 is 15.9 Å². The zero-order valence-electron chi connectivity index (χ0n) is 6.37. The number of hydrogen-bond acceptors (Lipinski definition) is 4. The topological polar surface area (TPSA) is 85.2 Å². The zero-order valence-corrected chi connectivity index (χ0v) is 7.95. The van der Waals surface area contributed by atoms with Crippen LogP contribution in [0.4, 0.5) is 5.82 Å². The van der Waals surface area contributed by atoms with Crippen molar-refractivity contribution >= 4 is 21.7 Å². The van der Waals surface area contributed by atoms with Crippen molar-refractivity contribution in [1.29, 1.82) is 0 Å². The van der Waals surface area contributed by atoms with Gasteiger partial charge in [-0.25, -0.2) is 4.98 Å². The molecule has 0 aliphatic carbocycles. The van der Waals surface area contributed by atoms with Crippen LogP contribution in [0.25, 0.3) is 0 Å². The van der Waals surface area contributed by atoms with Crippen LogP contribution in [0.15, 0.2) is 16.7 Å². The third-order valence-electron chi connectivity index (χ3n) is 1.50. The summed E-state index contributed by atoms with van der Waals surface area (Å²) in [6, 6.07) is 1.23. The van der Waals surface area contributed by atoms with Crippen LogP contribution in [0.5, 0.6) is 0 Å². The fraction of sp³-hybridized carbons (Fsp3) is 0.286. The van der Waals surface area contributed by atoms with E-state index in [2.05, 4.69) is 20.9 Å². The van der Waals surface area contributed by atoms with Crippen LogP contribution in [0, 0.1) is 0 Å². The van der Waals surface area contributed by atoms with Gasteiger partial charge in [0, 0.05) is 10.7 Å². The Bertz CT molecular complexity index is 279. The number of nitrogens with two attached hydrogens (primary N) is 2. The van der Waals surface area contributed by atoms with Gasteiger partial charge in [-0.15, -0.1) is 0 Å². The van der Waals surface area contributed by atoms with Crippen molar-refractivity contribution in [2.75, 3.05) is 12.3 Å². The lowest BCUT2D eigenvalue weighted by molar-refractivity contribution is 0.267. The van der Waals surface area contributed by atoms with Crippen LogP contribution in [0.3, 0.4) is 0 Å². The molecule has 66 valence electrons. The van der Waals surface area contributed by atoms with Crippen molar-refractivity contribution in [2.45, 2.75) is 6.04 Å². The highest BCUT2D eigenvalue weighted by Gasteiger charge is 2.08. The van der Waals surface area contributed by atoms with E-state index in [1.807, 2.05) is 0 Å². The number of nitrogen functional groups attached to an aromatic ring is 1. The number of halogens is 1. The minimum Gasteiger partial charge on any atom is -0.394 e. The number of hydrogen-bond donors (Lipinski definition) is 3. The SMILES string of the molecule is Nc1cc([C@@H](N)CO)c(Br)cn1. The largest absolute Gasteiger partial charge is 0.394 e. The Balaban J connectivity index is 3.04. The second-order valence-electron chi connectivity index (χ2n) is 2.42. The molecule has 1 heterocycles. The predicted molar refractivity (Wildman–Crippen MR) is 50.4 cm³/mol. The third kappa shape index (κ3) is 1.94. The van der Waals surface area contributed by atoms with Crippen molar-refractivity contribution in [3.63, 3.8) is 0 Å². The zero-order chi connectivity index (χ0) is 9.14. The normalized spacial score (nSPS) is 12.9. The standard InChI is InChI=1S/C7H10BrN3O/c8-5-2-11-7(10)1-4(5)6(9)3-12/h1-2,6,12H,3,9H2,(H2,10,11)/t6-/m0/s1. The van der Waals surface area contributed by atoms with Gasteiger partial charge in [0.25, 0.3) is 0 Å². The van der Waals surface area contributed by atoms with E-state index >= 15 is 0 Å². The first-order valence-electron chi connectivity index (χ1n) is 3.42. The molecule has 1 atom stereocenters. The van der Waals surface area contributed by atoms with Gasteiger partial charge in [0.15, 0.2) is 0 Å². The van der Waals surface area contributed by atoms with Gasteiger partial charge in [0.2, 0.25) is 0 Å². The molecular weight excluding hydrogens is 222 g/mol. The lowest BCUT2D eigenvalue weighted by Crippen LogP contribution is -2.15. The molecule has 0 saturated heterocycles. The molecule has 1 aromatic heterocycles. The Morgan fingerprint density at radius 2 is 2.33 bits per heavy atom. The summed E-state index contributed by atoms with van der Waals surface area (Å²) in [6.07, 6.45) is 1.57. The van der Waals surface area contributed by atoms with E-state index in [9.17, 15) is 0 Å². The minimum absolute atomic E-state index is 0.109. The van der Waals surface area contributed by atoms with Crippen LogP contribution in [-0.2, 0) is 0 Å². The monoisotopic (exact) mass is 231 g/mol. The van der Waals surface area contributed by atoms with Crippen molar-refractivity contribution in [3.05, 3.63) is 22.3 Å². The Labute approximate surface area is 78.7 Å². The number of aromatic nitrogens is 1. The molecule has 0 bridgehead atoms. The quantitative estimate of drug-likeness (QED) is 0.689. The number of aliphatic hydroxyl groups is 1. The molecule has 0 unspecified atom stereocenters. The molecule has 1 aromatic rings. The van der Waals surface area contributed by atoms with Gasteiger partial charge in [-0.3, -0.25) is 0 Å². The molecule has 0 radical (unpaired) electrons. The highest BCUT2D eigenvalue weighted by Crippen LogP contribution is 2.22. The molecule has 0 aromatic carbocycles. The fourth-order valence-corrected chi connectivity index (χ4v) is 1.36. The van der Waals surface area contributed by atoms with Crippen molar-refractivity contribution in [1.82, 2.24) is 4.98 Å². The Kier molecular flexibility index (Phi) is 3.02. The maximum absolute atomic E-state index is 8.80. The summed E-state index contributed by atoms with van der Waals surface area (Å²) in [5.41, 5.74) is 11.8. The molecule has 12 heavy (non-hydrogen) atoms. The van der Waals surface area contributed by atoms with Crippen molar-refractivity contribution in [3.8, 4) is 0 Å². The molecule has 5 heteroatoms. The van der Waals surface area contributed by atoms with Crippen LogP contribution < -0.4 is 11.5 Å². The van der Waals surface area contributed by atoms with Gasteiger partial charge >= 0.3 is 0 Å². The molecule has 0 spiro atoms. The van der Waals surface area contributed by atoms with Gasteiger partial charge in [-0.05, 0) is 27.6 Å². The Hall–Kier alpha value is -0.650. The van der Waals surface area contributed by atoms with Crippen molar-refractivity contribution < 1.29 is 5.11 Å². The summed E-state index contributed by atoms with van der Waals surface area (Å²) in [5, 5.41) is 8.80. The molecule has 0 amide bonds. The van der Waals surface area contributed by atoms with Gasteiger partial charge in [0.05, 0.1) is 12.6 Å². The summed E-state index contributed by atoms with van der Waals surface area (Å²) in [6.45, 7) is -0.109. The molecule has 0 fully saturated rings. The average molecular weight is 232 g/mol. The van der Waals surface area contributed by atoms with Crippen LogP contribution in [-0.4, -0.2) is 16.7 Å². The highest BCUT2D eigenvalue weighted by atomic mass is 79.9. The molecule has 5 N–H and O–H groups in total. The second kappa shape index (κ2) is 3.84. The van der Waals surface area contributed by atoms with E-state index < -0.39 is 6.04 Å². The third-order valence-corrected chi connectivity index (χ3v) is 2.16. The van der Waals surface area contributed by atoms with Gasteiger partial charge in [0.1, 0.15) is 5.82 Å². The summed E-state index contributed by atoms with van der Waals surface area (Å²) < 4.78 is 0.762. The molecule has 4 nitrogen and oxygen atoms in total. The fourth-order valence-electron chi connectivity index (χ4n) is 0.854. The number of pyridine rings is 1. The lowest BCUT2D eigenvalue weighted by Gasteiger charge is -2.10. The van der Waals surface area contributed by atoms with Crippen LogP contribution in [0.1, 0.15) is 11.6 Å². The van der Waals surface area contributed by atoms with E-state index in [1.54, 1.807) is 12.3 Å². The van der Waals surface area contributed by atoms with Gasteiger partial charge < -0.3 is 16.6 Å². The van der Waals surface area contributed by atoms with E-state index in [4.69, 9.17) is 16.6 Å². The van der Waals surface area contributed by atoms with E-state index in [-0.39, 0.29) is 6.61 Å². The first-order chi connectivity index (χ1) is 5.65. The van der Waals surface area contributed by atoms with E-state index in [1.165, 1.54) is 0 Å². The molecule has 1 rings (SSSR count). The van der Waals surface area contributed by atoms with Gasteiger partial charge in [-0.2, -0.15) is 0 Å². The summed E-state index contributed by atoms with van der Waals surface area (Å²) in [7, 11) is 0. The average Bonchev–Trinajstić information content (AvgIpc) is 2.08. The second-order valence-corrected chi connectivity index (χ2v) is 3.27. The smallest absolute Gasteiger partial charge is 0.123 e. The molecular formula is C7H10BrN3O. The number of nitrogens with zero attached hydrogens (tertiary/aromatic N) is 1. The van der Waals surface area contributed by atoms with E-state index in [0.29, 0.717) is 5.82 Å². The summed E-state index contributed by atoms with van der Waals surface area (Å²) >= 11 is 3.26. The maximum Gasteiger partial charge on any atom is 0.123 e. The number of aliphatic hydroxyl groups excluding tert-OH is 1. The summed E-state index contributed by atoms with van der Waals surface area (Å²) in [5.74, 6) is 0.400. The maximum atomic E-state index is 8.80. The Morgan fingerprint density at radius 1 is 1.67 bits per heavy atom. The minimum atomic E-state index is -0.412. The molecule has 0 aliphatic heterocycles. The first-order valence-corrected chi connectivity index (χ1v) is 4.21. The number of rotatable bonds is 2. The summed E-state index contributed by atoms with van der Waals surface area (Å²) in [4.78, 5) is 3.85. The highest BCUT2D eigenvalue weighted by molar-refractivity contribution is 9.10. The number of anilines is 1. The molecule has 0 saturated carbocycles. The Morgan fingerprint density at radius 3 is 2.92 bits per heavy atom. The lowest BCUT2D eigenvalue weighted by atomic mass is 10.1. The van der Waals surface area contributed by atoms with Crippen molar-refractivity contribution in [2.24, 2.45) is 5.73 Å². The first kappa shape index (κ1) is 9.44. The predicted octanol–water partition coefficient (Wildman–Crippen LogP) is 0.418. The molecule has 0 aliphatic rings. The van der Waals surface area contributed by atoms with Crippen LogP contribution in [0.2, 0.25) is 0 Å².